The van der Waals surface area contributed by atoms with Gasteiger partial charge in [-0.05, 0) is 42.9 Å². The fourth-order valence-corrected chi connectivity index (χ4v) is 1.97. The van der Waals surface area contributed by atoms with E-state index in [1.807, 2.05) is 19.2 Å². The number of nitrogen functional groups attached to an aromatic ring is 1. The maximum atomic E-state index is 5.86. The van der Waals surface area contributed by atoms with Crippen molar-refractivity contribution in [3.05, 3.63) is 59.3 Å². The quantitative estimate of drug-likeness (QED) is 0.869. The number of nitrogens with two attached hydrogens (primary N) is 1. The Morgan fingerprint density at radius 2 is 1.88 bits per heavy atom. The number of aromatic nitrogens is 1. The Morgan fingerprint density at radius 1 is 1.12 bits per heavy atom. The zero-order valence-corrected chi connectivity index (χ0v) is 10.2. The highest BCUT2D eigenvalue weighted by atomic mass is 14.8. The molecule has 0 aliphatic rings. The highest BCUT2D eigenvalue weighted by molar-refractivity contribution is 5.40. The van der Waals surface area contributed by atoms with Crippen molar-refractivity contribution in [3.63, 3.8) is 0 Å². The van der Waals surface area contributed by atoms with E-state index in [1.165, 1.54) is 16.7 Å². The Bertz CT molecular complexity index is 478. The van der Waals surface area contributed by atoms with Gasteiger partial charge in [0.15, 0.2) is 0 Å². The second-order valence-electron chi connectivity index (χ2n) is 4.40. The van der Waals surface area contributed by atoms with Crippen molar-refractivity contribution in [1.29, 1.82) is 0 Å². The van der Waals surface area contributed by atoms with Crippen LogP contribution < -0.4 is 5.73 Å². The van der Waals surface area contributed by atoms with E-state index in [2.05, 4.69) is 35.3 Å². The summed E-state index contributed by atoms with van der Waals surface area (Å²) < 4.78 is 0. The molecular formula is C15H18N2. The predicted octanol–water partition coefficient (Wildman–Crippen LogP) is 3.15. The summed E-state index contributed by atoms with van der Waals surface area (Å²) in [5.41, 5.74) is 9.58. The van der Waals surface area contributed by atoms with Crippen LogP contribution in [0.25, 0.3) is 0 Å². The number of aryl methyl sites for hydroxylation is 3. The molecule has 0 radical (unpaired) electrons. The molecule has 0 saturated carbocycles. The minimum atomic E-state index is 0.670. The molecule has 0 aliphatic carbocycles. The molecule has 0 fully saturated rings. The highest BCUT2D eigenvalue weighted by Gasteiger charge is 2.01. The fraction of sp³-hybridized carbons (Fsp3) is 0.267. The van der Waals surface area contributed by atoms with Gasteiger partial charge in [0, 0.05) is 6.20 Å². The van der Waals surface area contributed by atoms with Crippen LogP contribution in [0.15, 0.2) is 42.6 Å². The first-order valence-corrected chi connectivity index (χ1v) is 6.00. The summed E-state index contributed by atoms with van der Waals surface area (Å²) in [7, 11) is 0. The normalized spacial score (nSPS) is 10.4. The Kier molecular flexibility index (Phi) is 3.76. The van der Waals surface area contributed by atoms with E-state index >= 15 is 0 Å². The van der Waals surface area contributed by atoms with Gasteiger partial charge in [-0.1, -0.05) is 36.4 Å². The molecule has 88 valence electrons. The van der Waals surface area contributed by atoms with Crippen molar-refractivity contribution in [2.75, 3.05) is 5.73 Å². The van der Waals surface area contributed by atoms with Crippen LogP contribution in [-0.2, 0) is 12.8 Å². The molecule has 2 rings (SSSR count). The van der Waals surface area contributed by atoms with E-state index < -0.39 is 0 Å². The number of hydrogen-bond donors (Lipinski definition) is 1. The van der Waals surface area contributed by atoms with Gasteiger partial charge in [-0.3, -0.25) is 0 Å². The third-order valence-corrected chi connectivity index (χ3v) is 2.89. The standard InChI is InChI=1S/C15H18N2/c1-12-10-14(15(16)17-11-12)9-5-8-13-6-3-2-4-7-13/h2-4,6-7,10-11H,5,8-9H2,1H3,(H2,16,17). The summed E-state index contributed by atoms with van der Waals surface area (Å²) in [6.45, 7) is 2.05. The SMILES string of the molecule is Cc1cnc(N)c(CCCc2ccccc2)c1. The van der Waals surface area contributed by atoms with Gasteiger partial charge < -0.3 is 5.73 Å². The van der Waals surface area contributed by atoms with Crippen LogP contribution in [0, 0.1) is 6.92 Å². The Balaban J connectivity index is 1.92. The van der Waals surface area contributed by atoms with Gasteiger partial charge in [-0.15, -0.1) is 0 Å². The molecule has 0 spiro atoms. The van der Waals surface area contributed by atoms with Gasteiger partial charge >= 0.3 is 0 Å². The second kappa shape index (κ2) is 5.48. The lowest BCUT2D eigenvalue weighted by Gasteiger charge is -2.06. The zero-order chi connectivity index (χ0) is 12.1. The Hall–Kier alpha value is -1.83. The number of benzene rings is 1. The monoisotopic (exact) mass is 226 g/mol. The third-order valence-electron chi connectivity index (χ3n) is 2.89. The Morgan fingerprint density at radius 3 is 2.65 bits per heavy atom. The largest absolute Gasteiger partial charge is 0.383 e. The van der Waals surface area contributed by atoms with Gasteiger partial charge in [0.25, 0.3) is 0 Å². The fourth-order valence-electron chi connectivity index (χ4n) is 1.97. The minimum absolute atomic E-state index is 0.670. The van der Waals surface area contributed by atoms with E-state index in [4.69, 9.17) is 5.73 Å². The van der Waals surface area contributed by atoms with E-state index in [9.17, 15) is 0 Å². The molecule has 2 heteroatoms. The number of anilines is 1. The van der Waals surface area contributed by atoms with Gasteiger partial charge in [0.1, 0.15) is 5.82 Å². The summed E-state index contributed by atoms with van der Waals surface area (Å²) in [4.78, 5) is 4.18. The topological polar surface area (TPSA) is 38.9 Å². The maximum absolute atomic E-state index is 5.86. The van der Waals surface area contributed by atoms with Gasteiger partial charge in [-0.25, -0.2) is 4.98 Å². The molecule has 17 heavy (non-hydrogen) atoms. The summed E-state index contributed by atoms with van der Waals surface area (Å²) in [6.07, 6.45) is 5.01. The number of rotatable bonds is 4. The van der Waals surface area contributed by atoms with Gasteiger partial charge in [-0.2, -0.15) is 0 Å². The first kappa shape index (κ1) is 11.6. The van der Waals surface area contributed by atoms with Gasteiger partial charge in [0.2, 0.25) is 0 Å². The Labute approximate surface area is 103 Å². The lowest BCUT2D eigenvalue weighted by molar-refractivity contribution is 0.818. The zero-order valence-electron chi connectivity index (χ0n) is 10.2. The number of hydrogen-bond acceptors (Lipinski definition) is 2. The summed E-state index contributed by atoms with van der Waals surface area (Å²) in [6, 6.07) is 12.7. The van der Waals surface area contributed by atoms with Crippen molar-refractivity contribution < 1.29 is 0 Å². The molecule has 0 saturated heterocycles. The number of nitrogens with zero attached hydrogens (tertiary/aromatic N) is 1. The molecule has 0 aliphatic heterocycles. The average Bonchev–Trinajstić information content (AvgIpc) is 2.35. The van der Waals surface area contributed by atoms with E-state index in [1.54, 1.807) is 0 Å². The molecule has 1 aromatic heterocycles. The van der Waals surface area contributed by atoms with Crippen LogP contribution in [0.3, 0.4) is 0 Å². The van der Waals surface area contributed by atoms with E-state index in [0.29, 0.717) is 5.82 Å². The highest BCUT2D eigenvalue weighted by Crippen LogP contribution is 2.14. The van der Waals surface area contributed by atoms with E-state index in [0.717, 1.165) is 19.3 Å². The lowest BCUT2D eigenvalue weighted by atomic mass is 10.0. The summed E-state index contributed by atoms with van der Waals surface area (Å²) in [5.74, 6) is 0.670. The van der Waals surface area contributed by atoms with Crippen molar-refractivity contribution in [1.82, 2.24) is 4.98 Å². The van der Waals surface area contributed by atoms with Crippen molar-refractivity contribution in [2.24, 2.45) is 0 Å². The molecule has 0 amide bonds. The molecule has 2 aromatic rings. The first-order valence-electron chi connectivity index (χ1n) is 6.00. The van der Waals surface area contributed by atoms with Crippen molar-refractivity contribution in [2.45, 2.75) is 26.2 Å². The van der Waals surface area contributed by atoms with Crippen LogP contribution in [0.5, 0.6) is 0 Å². The third kappa shape index (κ3) is 3.31. The molecule has 2 N–H and O–H groups in total. The average molecular weight is 226 g/mol. The van der Waals surface area contributed by atoms with Crippen LogP contribution >= 0.6 is 0 Å². The minimum Gasteiger partial charge on any atom is -0.383 e. The molecule has 1 aromatic carbocycles. The summed E-state index contributed by atoms with van der Waals surface area (Å²) in [5, 5.41) is 0. The first-order chi connectivity index (χ1) is 8.25. The smallest absolute Gasteiger partial charge is 0.126 e. The van der Waals surface area contributed by atoms with Crippen molar-refractivity contribution >= 4 is 5.82 Å². The van der Waals surface area contributed by atoms with Crippen molar-refractivity contribution in [3.8, 4) is 0 Å². The molecule has 2 nitrogen and oxygen atoms in total. The maximum Gasteiger partial charge on any atom is 0.126 e. The van der Waals surface area contributed by atoms with Gasteiger partial charge in [0.05, 0.1) is 0 Å². The molecule has 0 unspecified atom stereocenters. The van der Waals surface area contributed by atoms with E-state index in [-0.39, 0.29) is 0 Å². The molecular weight excluding hydrogens is 208 g/mol. The second-order valence-corrected chi connectivity index (χ2v) is 4.40. The number of pyridine rings is 1. The van der Waals surface area contributed by atoms with Crippen LogP contribution in [0.4, 0.5) is 5.82 Å². The lowest BCUT2D eigenvalue weighted by Crippen LogP contribution is -1.99. The predicted molar refractivity (Wildman–Crippen MR) is 71.9 cm³/mol. The van der Waals surface area contributed by atoms with Crippen LogP contribution in [-0.4, -0.2) is 4.98 Å². The molecule has 0 bridgehead atoms. The van der Waals surface area contributed by atoms with Crippen LogP contribution in [0.2, 0.25) is 0 Å². The van der Waals surface area contributed by atoms with Crippen LogP contribution in [0.1, 0.15) is 23.1 Å². The molecule has 0 atom stereocenters. The summed E-state index contributed by atoms with van der Waals surface area (Å²) >= 11 is 0. The molecule has 1 heterocycles.